The zero-order chi connectivity index (χ0) is 30.4. The molecule has 0 aromatic heterocycles. The third-order valence-corrected chi connectivity index (χ3v) is 13.9. The molecule has 240 valence electrons. The zero-order valence-corrected chi connectivity index (χ0v) is 29.2. The van der Waals surface area contributed by atoms with Crippen molar-refractivity contribution in [2.24, 2.45) is 0 Å². The van der Waals surface area contributed by atoms with E-state index in [4.69, 9.17) is 18.6 Å². The molecule has 0 aromatic carbocycles. The normalized spacial score (nSPS) is 23.9. The summed E-state index contributed by atoms with van der Waals surface area (Å²) in [6.07, 6.45) is 25.8. The predicted molar refractivity (Wildman–Crippen MR) is 174 cm³/mol. The van der Waals surface area contributed by atoms with Crippen LogP contribution < -0.4 is 0 Å². The molecule has 2 aliphatic rings. The minimum absolute atomic E-state index is 0.0316. The van der Waals surface area contributed by atoms with E-state index in [2.05, 4.69) is 40.8 Å². The van der Waals surface area contributed by atoms with Crippen LogP contribution in [0, 0.1) is 0 Å². The van der Waals surface area contributed by atoms with Crippen LogP contribution in [0.4, 0.5) is 0 Å². The van der Waals surface area contributed by atoms with Crippen LogP contribution in [0.5, 0.6) is 0 Å². The number of hydrogen-bond donors (Lipinski definition) is 0. The van der Waals surface area contributed by atoms with Gasteiger partial charge >= 0.3 is 5.97 Å². The Morgan fingerprint density at radius 2 is 1.44 bits per heavy atom. The van der Waals surface area contributed by atoms with Crippen LogP contribution in [-0.2, 0) is 23.4 Å². The Hall–Kier alpha value is -0.693. The molecule has 0 spiro atoms. The number of ether oxygens (including phenoxy) is 3. The van der Waals surface area contributed by atoms with Gasteiger partial charge in [-0.05, 0) is 51.2 Å². The number of esters is 1. The molecule has 5 nitrogen and oxygen atoms in total. The zero-order valence-electron chi connectivity index (χ0n) is 28.2. The fraction of sp³-hybridized carbons (Fsp3) is 0.914. The van der Waals surface area contributed by atoms with Crippen molar-refractivity contribution in [2.45, 2.75) is 205 Å². The van der Waals surface area contributed by atoms with Gasteiger partial charge in [0, 0.05) is 31.4 Å². The third kappa shape index (κ3) is 15.0. The van der Waals surface area contributed by atoms with Crippen molar-refractivity contribution >= 4 is 14.3 Å². The lowest BCUT2D eigenvalue weighted by Crippen LogP contribution is -2.47. The first-order valence-electron chi connectivity index (χ1n) is 17.2. The van der Waals surface area contributed by atoms with Crippen molar-refractivity contribution in [3.05, 3.63) is 12.2 Å². The molecule has 4 atom stereocenters. The Morgan fingerprint density at radius 3 is 2.00 bits per heavy atom. The largest absolute Gasteiger partial charge is 0.459 e. The molecule has 41 heavy (non-hydrogen) atoms. The number of unbranched alkanes of at least 4 members (excludes halogenated alkanes) is 11. The molecule has 1 saturated heterocycles. The second kappa shape index (κ2) is 18.2. The van der Waals surface area contributed by atoms with E-state index < -0.39 is 14.1 Å². The number of cyclic esters (lactones) is 1. The Balaban J connectivity index is 1.80. The number of carbonyl (C=O) groups excluding carboxylic acids is 1. The van der Waals surface area contributed by atoms with Crippen molar-refractivity contribution in [2.75, 3.05) is 0 Å². The predicted octanol–water partition coefficient (Wildman–Crippen LogP) is 10.4. The third-order valence-electron chi connectivity index (χ3n) is 9.35. The summed E-state index contributed by atoms with van der Waals surface area (Å²) in [5, 5.41) is 0.204. The van der Waals surface area contributed by atoms with E-state index in [1.54, 1.807) is 0 Å². The number of hydrogen-bond acceptors (Lipinski definition) is 5. The second-order valence-electron chi connectivity index (χ2n) is 14.8. The van der Waals surface area contributed by atoms with E-state index in [1.807, 2.05) is 19.9 Å². The highest BCUT2D eigenvalue weighted by atomic mass is 28.4. The molecule has 6 heteroatoms. The Morgan fingerprint density at radius 1 is 0.878 bits per heavy atom. The van der Waals surface area contributed by atoms with E-state index in [9.17, 15) is 4.79 Å². The highest BCUT2D eigenvalue weighted by Gasteiger charge is 2.40. The van der Waals surface area contributed by atoms with Gasteiger partial charge < -0.3 is 18.6 Å². The molecule has 0 radical (unpaired) electrons. The molecule has 0 bridgehead atoms. The van der Waals surface area contributed by atoms with E-state index in [1.165, 1.54) is 83.1 Å². The molecule has 0 saturated carbocycles. The Labute approximate surface area is 255 Å². The van der Waals surface area contributed by atoms with E-state index in [0.717, 1.165) is 38.5 Å². The number of rotatable bonds is 20. The molecule has 2 rings (SSSR count). The van der Waals surface area contributed by atoms with Gasteiger partial charge in [0.25, 0.3) is 0 Å². The second-order valence-corrected chi connectivity index (χ2v) is 19.6. The van der Waals surface area contributed by atoms with Crippen LogP contribution >= 0.6 is 0 Å². The van der Waals surface area contributed by atoms with Crippen molar-refractivity contribution in [3.63, 3.8) is 0 Å². The van der Waals surface area contributed by atoms with Gasteiger partial charge in [0.15, 0.2) is 14.1 Å². The van der Waals surface area contributed by atoms with Gasteiger partial charge in [-0.2, -0.15) is 0 Å². The van der Waals surface area contributed by atoms with Crippen molar-refractivity contribution < 1.29 is 23.4 Å². The quantitative estimate of drug-likeness (QED) is 0.0797. The van der Waals surface area contributed by atoms with Gasteiger partial charge in [0.05, 0.1) is 12.2 Å². The van der Waals surface area contributed by atoms with Crippen LogP contribution in [0.15, 0.2) is 12.2 Å². The maximum atomic E-state index is 11.7. The average Bonchev–Trinajstić information content (AvgIpc) is 2.86. The van der Waals surface area contributed by atoms with Crippen LogP contribution in [0.3, 0.4) is 0 Å². The molecule has 2 heterocycles. The van der Waals surface area contributed by atoms with Crippen LogP contribution in [-0.4, -0.2) is 44.5 Å². The molecule has 0 N–H and O–H groups in total. The molecule has 1 fully saturated rings. The van der Waals surface area contributed by atoms with Gasteiger partial charge in [-0.25, -0.2) is 4.79 Å². The summed E-state index contributed by atoms with van der Waals surface area (Å²) in [7, 11) is -1.86. The molecule has 0 aromatic rings. The van der Waals surface area contributed by atoms with Crippen LogP contribution in [0.25, 0.3) is 0 Å². The summed E-state index contributed by atoms with van der Waals surface area (Å²) in [6, 6.07) is 0. The van der Waals surface area contributed by atoms with Crippen molar-refractivity contribution in [1.29, 1.82) is 0 Å². The highest BCUT2D eigenvalue weighted by Crippen LogP contribution is 2.39. The smallest absolute Gasteiger partial charge is 0.330 e. The minimum atomic E-state index is -1.86. The van der Waals surface area contributed by atoms with Crippen molar-refractivity contribution in [3.8, 4) is 0 Å². The summed E-state index contributed by atoms with van der Waals surface area (Å²) in [6.45, 7) is 18.1. The number of carbonyl (C=O) groups is 1. The summed E-state index contributed by atoms with van der Waals surface area (Å²) in [5.41, 5.74) is 0. The topological polar surface area (TPSA) is 54.0 Å². The lowest BCUT2D eigenvalue weighted by Gasteiger charge is -2.43. The van der Waals surface area contributed by atoms with E-state index in [0.29, 0.717) is 0 Å². The lowest BCUT2D eigenvalue weighted by molar-refractivity contribution is -0.304. The fourth-order valence-corrected chi connectivity index (χ4v) is 7.41. The van der Waals surface area contributed by atoms with Crippen LogP contribution in [0.2, 0.25) is 18.1 Å². The fourth-order valence-electron chi connectivity index (χ4n) is 5.99. The van der Waals surface area contributed by atoms with E-state index in [-0.39, 0.29) is 35.4 Å². The molecule has 0 unspecified atom stereocenters. The first-order chi connectivity index (χ1) is 19.3. The highest BCUT2D eigenvalue weighted by molar-refractivity contribution is 6.74. The van der Waals surface area contributed by atoms with Gasteiger partial charge in [-0.3, -0.25) is 0 Å². The average molecular weight is 595 g/mol. The Bertz CT molecular complexity index is 756. The molecule has 0 aliphatic carbocycles. The monoisotopic (exact) mass is 594 g/mol. The first-order valence-corrected chi connectivity index (χ1v) is 20.1. The lowest BCUT2D eigenvalue weighted by atomic mass is 9.96. The molecule has 2 aliphatic heterocycles. The summed E-state index contributed by atoms with van der Waals surface area (Å²) in [4.78, 5) is 11.7. The Kier molecular flexibility index (Phi) is 16.2. The standard InChI is InChI=1S/C35H66O5Si/c1-9-10-11-12-13-14-15-16-17-18-19-20-22-29(40-41(7,8)34(2,3)4)25-26-31-28-32(39-35(5,6)38-31)27-30-23-21-24-33(36)37-30/h21,24,29-32H,9-20,22-23,25-28H2,1-8H3/t29-,30+,31-,32+/m0/s1. The van der Waals surface area contributed by atoms with Gasteiger partial charge in [0.2, 0.25) is 0 Å². The maximum absolute atomic E-state index is 11.7. The molecular weight excluding hydrogens is 528 g/mol. The SMILES string of the molecule is CCCCCCCCCCCCCC[C@@H](CC[C@H]1C[C@@H](C[C@H]2CC=CC(=O)O2)OC(C)(C)O1)O[Si](C)(C)C(C)(C)C. The maximum Gasteiger partial charge on any atom is 0.330 e. The van der Waals surface area contributed by atoms with Crippen molar-refractivity contribution in [1.82, 2.24) is 0 Å². The van der Waals surface area contributed by atoms with Crippen LogP contribution in [0.1, 0.15) is 157 Å². The van der Waals surface area contributed by atoms with Gasteiger partial charge in [0.1, 0.15) is 6.10 Å². The molecule has 0 amide bonds. The summed E-state index contributed by atoms with van der Waals surface area (Å²) in [5.74, 6) is -0.875. The van der Waals surface area contributed by atoms with Gasteiger partial charge in [-0.15, -0.1) is 0 Å². The summed E-state index contributed by atoms with van der Waals surface area (Å²) >= 11 is 0. The minimum Gasteiger partial charge on any atom is -0.459 e. The van der Waals surface area contributed by atoms with E-state index >= 15 is 0 Å². The molecular formula is C35H66O5Si. The summed E-state index contributed by atoms with van der Waals surface area (Å²) < 4.78 is 25.2. The van der Waals surface area contributed by atoms with Gasteiger partial charge in [-0.1, -0.05) is 111 Å². The first kappa shape index (κ1) is 36.5.